The zero-order chi connectivity index (χ0) is 10.5. The lowest BCUT2D eigenvalue weighted by Gasteiger charge is -2.35. The molecule has 0 aromatic carbocycles. The molecule has 1 atom stereocenters. The Morgan fingerprint density at radius 1 is 1.20 bits per heavy atom. The van der Waals surface area contributed by atoms with Gasteiger partial charge in [-0.15, -0.1) is 0 Å². The van der Waals surface area contributed by atoms with Crippen molar-refractivity contribution in [2.75, 3.05) is 39.3 Å². The summed E-state index contributed by atoms with van der Waals surface area (Å²) in [6.45, 7) is 6.60. The van der Waals surface area contributed by atoms with Crippen molar-refractivity contribution < 1.29 is 5.11 Å². The summed E-state index contributed by atoms with van der Waals surface area (Å²) >= 11 is 0. The molecule has 2 rings (SSSR count). The zero-order valence-corrected chi connectivity index (χ0v) is 9.62. The third-order valence-corrected chi connectivity index (χ3v) is 3.86. The molecule has 2 aliphatic rings. The smallest absolute Gasteiger partial charge is 0.0434 e. The van der Waals surface area contributed by atoms with Crippen LogP contribution in [0.25, 0.3) is 0 Å². The molecule has 88 valence electrons. The minimum absolute atomic E-state index is 0.366. The molecular weight excluding hydrogens is 188 g/mol. The van der Waals surface area contributed by atoms with Crippen molar-refractivity contribution in [3.05, 3.63) is 0 Å². The minimum Gasteiger partial charge on any atom is -0.396 e. The Balaban J connectivity index is 1.63. The van der Waals surface area contributed by atoms with Gasteiger partial charge in [0.05, 0.1) is 0 Å². The molecule has 0 bridgehead atoms. The predicted octanol–water partition coefficient (Wildman–Crippen LogP) is 0.690. The number of hydrogen-bond donors (Lipinski definition) is 2. The predicted molar refractivity (Wildman–Crippen MR) is 61.8 cm³/mol. The molecule has 0 amide bonds. The van der Waals surface area contributed by atoms with Crippen molar-refractivity contribution in [3.63, 3.8) is 0 Å². The van der Waals surface area contributed by atoms with E-state index in [2.05, 4.69) is 10.2 Å². The van der Waals surface area contributed by atoms with Gasteiger partial charge in [-0.3, -0.25) is 0 Å². The fraction of sp³-hybridized carbons (Fsp3) is 1.00. The lowest BCUT2D eigenvalue weighted by molar-refractivity contribution is 0.136. The van der Waals surface area contributed by atoms with Crippen LogP contribution in [0.15, 0.2) is 0 Å². The van der Waals surface area contributed by atoms with Crippen LogP contribution in [0.4, 0.5) is 0 Å². The highest BCUT2D eigenvalue weighted by molar-refractivity contribution is 4.78. The summed E-state index contributed by atoms with van der Waals surface area (Å²) in [5, 5.41) is 12.3. The summed E-state index contributed by atoms with van der Waals surface area (Å²) in [6.07, 6.45) is 5.01. The van der Waals surface area contributed by atoms with Crippen LogP contribution < -0.4 is 5.32 Å². The highest BCUT2D eigenvalue weighted by Crippen LogP contribution is 2.20. The SMILES string of the molecule is OCCC1CCCN(CCC2CNC2)C1. The van der Waals surface area contributed by atoms with E-state index in [0.29, 0.717) is 6.61 Å². The summed E-state index contributed by atoms with van der Waals surface area (Å²) < 4.78 is 0. The molecule has 0 saturated carbocycles. The summed E-state index contributed by atoms with van der Waals surface area (Å²) in [5.74, 6) is 1.69. The van der Waals surface area contributed by atoms with Crippen LogP contribution in [0.1, 0.15) is 25.7 Å². The molecule has 0 aromatic rings. The van der Waals surface area contributed by atoms with Gasteiger partial charge in [0.2, 0.25) is 0 Å². The number of rotatable bonds is 5. The second-order valence-electron chi connectivity index (χ2n) is 5.13. The molecule has 0 radical (unpaired) electrons. The molecular formula is C12H24N2O. The zero-order valence-electron chi connectivity index (χ0n) is 9.62. The first kappa shape index (κ1) is 11.4. The molecule has 3 nitrogen and oxygen atoms in total. The van der Waals surface area contributed by atoms with E-state index in [-0.39, 0.29) is 0 Å². The standard InChI is InChI=1S/C12H24N2O/c15-7-4-11-2-1-5-14(10-11)6-3-12-8-13-9-12/h11-13,15H,1-10H2. The van der Waals surface area contributed by atoms with Gasteiger partial charge in [-0.2, -0.15) is 0 Å². The molecule has 2 N–H and O–H groups in total. The second-order valence-corrected chi connectivity index (χ2v) is 5.13. The van der Waals surface area contributed by atoms with Crippen LogP contribution in [0.3, 0.4) is 0 Å². The maximum Gasteiger partial charge on any atom is 0.0434 e. The van der Waals surface area contributed by atoms with E-state index in [1.54, 1.807) is 0 Å². The van der Waals surface area contributed by atoms with E-state index in [0.717, 1.165) is 18.3 Å². The summed E-state index contributed by atoms with van der Waals surface area (Å²) in [7, 11) is 0. The minimum atomic E-state index is 0.366. The number of nitrogens with one attached hydrogen (secondary N) is 1. The van der Waals surface area contributed by atoms with E-state index in [9.17, 15) is 0 Å². The molecule has 2 aliphatic heterocycles. The number of nitrogens with zero attached hydrogens (tertiary/aromatic N) is 1. The third kappa shape index (κ3) is 3.44. The van der Waals surface area contributed by atoms with Crippen LogP contribution in [-0.4, -0.2) is 49.3 Å². The first-order chi connectivity index (χ1) is 7.38. The Morgan fingerprint density at radius 3 is 2.73 bits per heavy atom. The fourth-order valence-electron chi connectivity index (χ4n) is 2.69. The molecule has 1 unspecified atom stereocenters. The van der Waals surface area contributed by atoms with Crippen LogP contribution in [0.2, 0.25) is 0 Å². The Kier molecular flexibility index (Phi) is 4.42. The lowest BCUT2D eigenvalue weighted by Crippen LogP contribution is -2.44. The van der Waals surface area contributed by atoms with E-state index in [1.165, 1.54) is 52.0 Å². The van der Waals surface area contributed by atoms with Crippen molar-refractivity contribution >= 4 is 0 Å². The molecule has 3 heteroatoms. The average molecular weight is 212 g/mol. The first-order valence-electron chi connectivity index (χ1n) is 6.42. The van der Waals surface area contributed by atoms with Gasteiger partial charge in [-0.1, -0.05) is 0 Å². The van der Waals surface area contributed by atoms with E-state index >= 15 is 0 Å². The maximum atomic E-state index is 8.94. The van der Waals surface area contributed by atoms with E-state index in [1.807, 2.05) is 0 Å². The molecule has 0 aromatic heterocycles. The Labute approximate surface area is 92.8 Å². The van der Waals surface area contributed by atoms with Crippen molar-refractivity contribution in [3.8, 4) is 0 Å². The lowest BCUT2D eigenvalue weighted by atomic mass is 9.93. The van der Waals surface area contributed by atoms with Crippen molar-refractivity contribution in [1.29, 1.82) is 0 Å². The topological polar surface area (TPSA) is 35.5 Å². The second kappa shape index (κ2) is 5.83. The number of piperidine rings is 1. The van der Waals surface area contributed by atoms with Crippen LogP contribution in [0, 0.1) is 11.8 Å². The van der Waals surface area contributed by atoms with E-state index in [4.69, 9.17) is 5.11 Å². The normalized spacial score (nSPS) is 29.0. The van der Waals surface area contributed by atoms with Gasteiger partial charge >= 0.3 is 0 Å². The van der Waals surface area contributed by atoms with Crippen molar-refractivity contribution in [2.45, 2.75) is 25.7 Å². The highest BCUT2D eigenvalue weighted by Gasteiger charge is 2.22. The molecule has 0 spiro atoms. The van der Waals surface area contributed by atoms with Gasteiger partial charge in [0.1, 0.15) is 0 Å². The number of aliphatic hydroxyl groups excluding tert-OH is 1. The van der Waals surface area contributed by atoms with Gasteiger partial charge < -0.3 is 15.3 Å². The molecule has 2 fully saturated rings. The Morgan fingerprint density at radius 2 is 2.07 bits per heavy atom. The average Bonchev–Trinajstić information content (AvgIpc) is 2.16. The van der Waals surface area contributed by atoms with Gasteiger partial charge in [-0.25, -0.2) is 0 Å². The fourth-order valence-corrected chi connectivity index (χ4v) is 2.69. The number of hydrogen-bond acceptors (Lipinski definition) is 3. The maximum absolute atomic E-state index is 8.94. The van der Waals surface area contributed by atoms with Gasteiger partial charge in [0.25, 0.3) is 0 Å². The monoisotopic (exact) mass is 212 g/mol. The number of aliphatic hydroxyl groups is 1. The molecule has 2 saturated heterocycles. The van der Waals surface area contributed by atoms with Gasteiger partial charge in [0.15, 0.2) is 0 Å². The summed E-state index contributed by atoms with van der Waals surface area (Å²) in [6, 6.07) is 0. The van der Waals surface area contributed by atoms with Gasteiger partial charge in [0, 0.05) is 13.2 Å². The Bertz CT molecular complexity index is 180. The van der Waals surface area contributed by atoms with Crippen LogP contribution >= 0.6 is 0 Å². The first-order valence-corrected chi connectivity index (χ1v) is 6.42. The van der Waals surface area contributed by atoms with E-state index < -0.39 is 0 Å². The van der Waals surface area contributed by atoms with Gasteiger partial charge in [-0.05, 0) is 63.7 Å². The Hall–Kier alpha value is -0.120. The van der Waals surface area contributed by atoms with Crippen molar-refractivity contribution in [1.82, 2.24) is 10.2 Å². The quantitative estimate of drug-likeness (QED) is 0.704. The summed E-state index contributed by atoms with van der Waals surface area (Å²) in [4.78, 5) is 2.60. The van der Waals surface area contributed by atoms with Crippen LogP contribution in [-0.2, 0) is 0 Å². The summed E-state index contributed by atoms with van der Waals surface area (Å²) in [5.41, 5.74) is 0. The highest BCUT2D eigenvalue weighted by atomic mass is 16.3. The molecule has 15 heavy (non-hydrogen) atoms. The third-order valence-electron chi connectivity index (χ3n) is 3.86. The van der Waals surface area contributed by atoms with Crippen molar-refractivity contribution in [2.24, 2.45) is 11.8 Å². The molecule has 0 aliphatic carbocycles. The largest absolute Gasteiger partial charge is 0.396 e. The molecule has 2 heterocycles. The number of likely N-dealkylation sites (tertiary alicyclic amines) is 1. The van der Waals surface area contributed by atoms with Crippen LogP contribution in [0.5, 0.6) is 0 Å².